The number of hydrogen-bond acceptors (Lipinski definition) is 3. The van der Waals surface area contributed by atoms with Crippen molar-refractivity contribution in [1.82, 2.24) is 0 Å². The van der Waals surface area contributed by atoms with Gasteiger partial charge in [0.25, 0.3) is 0 Å². The quantitative estimate of drug-likeness (QED) is 0.801. The summed E-state index contributed by atoms with van der Waals surface area (Å²) in [6.07, 6.45) is 0.318. The third-order valence-electron chi connectivity index (χ3n) is 4.09. The van der Waals surface area contributed by atoms with Gasteiger partial charge < -0.3 is 14.2 Å². The van der Waals surface area contributed by atoms with Crippen molar-refractivity contribution in [2.75, 3.05) is 0 Å². The van der Waals surface area contributed by atoms with Crippen molar-refractivity contribution in [3.8, 4) is 11.5 Å². The monoisotopic (exact) mass is 282 g/mol. The van der Waals surface area contributed by atoms with Gasteiger partial charge in [-0.1, -0.05) is 30.3 Å². The van der Waals surface area contributed by atoms with E-state index in [0.29, 0.717) is 6.61 Å². The van der Waals surface area contributed by atoms with E-state index in [1.54, 1.807) is 0 Å². The average molecular weight is 282 g/mol. The Kier molecular flexibility index (Phi) is 2.73. The Morgan fingerprint density at radius 3 is 2.71 bits per heavy atom. The smallest absolute Gasteiger partial charge is 0.132 e. The van der Waals surface area contributed by atoms with E-state index in [9.17, 15) is 0 Å². The van der Waals surface area contributed by atoms with Gasteiger partial charge in [0.05, 0.1) is 0 Å². The lowest BCUT2D eigenvalue weighted by Crippen LogP contribution is -2.37. The molecule has 3 nitrogen and oxygen atoms in total. The lowest BCUT2D eigenvalue weighted by atomic mass is 9.94. The summed E-state index contributed by atoms with van der Waals surface area (Å²) in [6, 6.07) is 16.1. The van der Waals surface area contributed by atoms with Gasteiger partial charge in [-0.2, -0.15) is 0 Å². The highest BCUT2D eigenvalue weighted by Gasteiger charge is 2.56. The number of benzene rings is 2. The molecule has 2 aromatic rings. The van der Waals surface area contributed by atoms with Crippen molar-refractivity contribution in [1.29, 1.82) is 0 Å². The average Bonchev–Trinajstić information content (AvgIpc) is 3.28. The van der Waals surface area contributed by atoms with E-state index in [0.717, 1.165) is 22.6 Å². The molecule has 1 fully saturated rings. The van der Waals surface area contributed by atoms with Crippen LogP contribution in [0.1, 0.15) is 31.1 Å². The zero-order valence-corrected chi connectivity index (χ0v) is 12.2. The van der Waals surface area contributed by atoms with E-state index in [1.807, 2.05) is 36.4 Å². The standard InChI is InChI=1S/C18H18O3/c1-18(2)17-16(20-17)14-10-13(8-9-15(14)21-18)19-11-12-6-4-3-5-7-12/h3-10,16-17H,11H2,1-2H3/t16-,17+/m0/s1. The van der Waals surface area contributed by atoms with E-state index < -0.39 is 0 Å². The van der Waals surface area contributed by atoms with Crippen LogP contribution < -0.4 is 9.47 Å². The minimum Gasteiger partial charge on any atom is -0.489 e. The first-order valence-corrected chi connectivity index (χ1v) is 7.29. The van der Waals surface area contributed by atoms with Crippen molar-refractivity contribution >= 4 is 0 Å². The molecule has 0 saturated carbocycles. The van der Waals surface area contributed by atoms with Gasteiger partial charge in [-0.15, -0.1) is 0 Å². The summed E-state index contributed by atoms with van der Waals surface area (Å²) < 4.78 is 17.6. The number of ether oxygens (including phenoxy) is 3. The van der Waals surface area contributed by atoms with Gasteiger partial charge in [0.1, 0.15) is 35.9 Å². The van der Waals surface area contributed by atoms with Crippen LogP contribution in [0.2, 0.25) is 0 Å². The summed E-state index contributed by atoms with van der Waals surface area (Å²) in [7, 11) is 0. The van der Waals surface area contributed by atoms with E-state index in [2.05, 4.69) is 26.0 Å². The molecule has 3 heteroatoms. The molecule has 0 aliphatic carbocycles. The first-order valence-electron chi connectivity index (χ1n) is 7.29. The maximum atomic E-state index is 6.01. The van der Waals surface area contributed by atoms with E-state index in [4.69, 9.17) is 14.2 Å². The van der Waals surface area contributed by atoms with Crippen LogP contribution in [0.5, 0.6) is 11.5 Å². The largest absolute Gasteiger partial charge is 0.489 e. The fourth-order valence-electron chi connectivity index (χ4n) is 2.89. The summed E-state index contributed by atoms with van der Waals surface area (Å²) in [5, 5.41) is 0. The predicted octanol–water partition coefficient (Wildman–Crippen LogP) is 3.88. The summed E-state index contributed by atoms with van der Waals surface area (Å²) in [4.78, 5) is 0. The Hall–Kier alpha value is -2.00. The SMILES string of the molecule is CC1(C)Oc2ccc(OCc3ccccc3)cc2[C@@H]2O[C@H]21. The van der Waals surface area contributed by atoms with Crippen molar-refractivity contribution in [2.24, 2.45) is 0 Å². The molecule has 0 unspecified atom stereocenters. The highest BCUT2D eigenvalue weighted by atomic mass is 16.6. The molecule has 2 atom stereocenters. The summed E-state index contributed by atoms with van der Waals surface area (Å²) in [5.74, 6) is 1.76. The third kappa shape index (κ3) is 2.28. The van der Waals surface area contributed by atoms with E-state index >= 15 is 0 Å². The van der Waals surface area contributed by atoms with Gasteiger partial charge in [-0.05, 0) is 37.6 Å². The molecule has 0 amide bonds. The molecule has 2 heterocycles. The number of hydrogen-bond donors (Lipinski definition) is 0. The second kappa shape index (κ2) is 4.50. The Balaban J connectivity index is 1.53. The molecule has 0 bridgehead atoms. The van der Waals surface area contributed by atoms with E-state index in [-0.39, 0.29) is 17.8 Å². The summed E-state index contributed by atoms with van der Waals surface area (Å²) in [5.41, 5.74) is 2.02. The van der Waals surface area contributed by atoms with Gasteiger partial charge in [-0.25, -0.2) is 0 Å². The maximum absolute atomic E-state index is 6.01. The molecule has 0 radical (unpaired) electrons. The van der Waals surface area contributed by atoms with Crippen LogP contribution >= 0.6 is 0 Å². The van der Waals surface area contributed by atoms with Crippen LogP contribution in [0.15, 0.2) is 48.5 Å². The van der Waals surface area contributed by atoms with Crippen LogP contribution in [0.3, 0.4) is 0 Å². The topological polar surface area (TPSA) is 31.0 Å². The van der Waals surface area contributed by atoms with Crippen LogP contribution in [-0.4, -0.2) is 11.7 Å². The summed E-state index contributed by atoms with van der Waals surface area (Å²) in [6.45, 7) is 4.71. The molecular formula is C18H18O3. The normalized spacial score (nSPS) is 24.5. The molecule has 0 N–H and O–H groups in total. The molecule has 108 valence electrons. The molecule has 1 saturated heterocycles. The fraction of sp³-hybridized carbons (Fsp3) is 0.333. The Labute approximate surface area is 124 Å². The van der Waals surface area contributed by atoms with Crippen LogP contribution in [0, 0.1) is 0 Å². The minimum atomic E-state index is -0.246. The Bertz CT molecular complexity index is 663. The number of fused-ring (bicyclic) bond motifs is 3. The van der Waals surface area contributed by atoms with Gasteiger partial charge in [0.2, 0.25) is 0 Å². The molecule has 2 aliphatic rings. The predicted molar refractivity (Wildman–Crippen MR) is 79.5 cm³/mol. The highest BCUT2D eigenvalue weighted by molar-refractivity contribution is 5.46. The molecule has 0 aromatic heterocycles. The van der Waals surface area contributed by atoms with Gasteiger partial charge in [-0.3, -0.25) is 0 Å². The minimum absolute atomic E-state index is 0.157. The second-order valence-corrected chi connectivity index (χ2v) is 6.16. The molecule has 0 spiro atoms. The van der Waals surface area contributed by atoms with Crippen molar-refractivity contribution in [3.63, 3.8) is 0 Å². The zero-order valence-electron chi connectivity index (χ0n) is 12.2. The van der Waals surface area contributed by atoms with Gasteiger partial charge in [0.15, 0.2) is 0 Å². The molecule has 21 heavy (non-hydrogen) atoms. The second-order valence-electron chi connectivity index (χ2n) is 6.16. The maximum Gasteiger partial charge on any atom is 0.132 e. The van der Waals surface area contributed by atoms with Crippen molar-refractivity contribution < 1.29 is 14.2 Å². The number of epoxide rings is 1. The molecular weight excluding hydrogens is 264 g/mol. The van der Waals surface area contributed by atoms with Gasteiger partial charge >= 0.3 is 0 Å². The van der Waals surface area contributed by atoms with Crippen LogP contribution in [0.25, 0.3) is 0 Å². The first kappa shape index (κ1) is 12.7. The summed E-state index contributed by atoms with van der Waals surface area (Å²) >= 11 is 0. The van der Waals surface area contributed by atoms with Gasteiger partial charge in [0, 0.05) is 5.56 Å². The number of rotatable bonds is 3. The molecule has 2 aromatic carbocycles. The molecule has 4 rings (SSSR count). The van der Waals surface area contributed by atoms with Crippen LogP contribution in [-0.2, 0) is 11.3 Å². The van der Waals surface area contributed by atoms with Crippen molar-refractivity contribution in [2.45, 2.75) is 38.3 Å². The molecule has 2 aliphatic heterocycles. The fourth-order valence-corrected chi connectivity index (χ4v) is 2.89. The van der Waals surface area contributed by atoms with Crippen molar-refractivity contribution in [3.05, 3.63) is 59.7 Å². The first-order chi connectivity index (χ1) is 10.1. The Morgan fingerprint density at radius 1 is 1.10 bits per heavy atom. The third-order valence-corrected chi connectivity index (χ3v) is 4.09. The lowest BCUT2D eigenvalue weighted by Gasteiger charge is -2.29. The Morgan fingerprint density at radius 2 is 1.90 bits per heavy atom. The van der Waals surface area contributed by atoms with Crippen LogP contribution in [0.4, 0.5) is 0 Å². The lowest BCUT2D eigenvalue weighted by molar-refractivity contribution is 0.0724. The van der Waals surface area contributed by atoms with E-state index in [1.165, 1.54) is 0 Å². The highest BCUT2D eigenvalue weighted by Crippen LogP contribution is 2.54. The zero-order chi connectivity index (χ0) is 14.4.